The Hall–Kier alpha value is -1.98. The van der Waals surface area contributed by atoms with Gasteiger partial charge >= 0.3 is 0 Å². The fourth-order valence-electron chi connectivity index (χ4n) is 0.880. The van der Waals surface area contributed by atoms with Crippen molar-refractivity contribution in [2.45, 2.75) is 0 Å². The van der Waals surface area contributed by atoms with Gasteiger partial charge in [-0.15, -0.1) is 0 Å². The normalized spacial score (nSPS) is 10.3. The summed E-state index contributed by atoms with van der Waals surface area (Å²) in [7, 11) is 0. The van der Waals surface area contributed by atoms with Crippen molar-refractivity contribution in [2.24, 2.45) is 0 Å². The molecule has 2 aromatic rings. The van der Waals surface area contributed by atoms with Gasteiger partial charge in [0.2, 0.25) is 0 Å². The van der Waals surface area contributed by atoms with Crippen molar-refractivity contribution in [3.8, 4) is 0 Å². The minimum atomic E-state index is -0.409. The van der Waals surface area contributed by atoms with Crippen molar-refractivity contribution < 1.29 is 0 Å². The zero-order valence-corrected chi connectivity index (χ0v) is 6.01. The molecule has 2 heterocycles. The van der Waals surface area contributed by atoms with E-state index in [1.54, 1.807) is 0 Å². The first-order valence-electron chi connectivity index (χ1n) is 3.24. The largest absolute Gasteiger partial charge is 0.383 e. The van der Waals surface area contributed by atoms with Gasteiger partial charge in [0.25, 0.3) is 11.3 Å². The lowest BCUT2D eigenvalue weighted by atomic mass is 10.6. The molecule has 6 heteroatoms. The van der Waals surface area contributed by atoms with Gasteiger partial charge in [-0.05, 0) is 0 Å². The molecular formula is C6H5N5O. The first kappa shape index (κ1) is 6.71. The molecule has 0 unspecified atom stereocenters. The molecule has 60 valence electrons. The van der Waals surface area contributed by atoms with E-state index in [0.717, 1.165) is 0 Å². The molecular weight excluding hydrogens is 158 g/mol. The number of aromatic nitrogens is 4. The number of nitrogen functional groups attached to an aromatic ring is 1. The molecule has 0 aromatic carbocycles. The van der Waals surface area contributed by atoms with E-state index in [2.05, 4.69) is 15.1 Å². The Balaban J connectivity index is 2.99. The fraction of sp³-hybridized carbons (Fsp3) is 0. The lowest BCUT2D eigenvalue weighted by molar-refractivity contribution is 0.872. The van der Waals surface area contributed by atoms with Crippen molar-refractivity contribution >= 4 is 11.6 Å². The van der Waals surface area contributed by atoms with Crippen LogP contribution in [0.4, 0.5) is 5.82 Å². The molecule has 0 amide bonds. The molecule has 0 aliphatic carbocycles. The molecule has 6 nitrogen and oxygen atoms in total. The zero-order valence-electron chi connectivity index (χ0n) is 6.01. The third-order valence-electron chi connectivity index (χ3n) is 1.35. The van der Waals surface area contributed by atoms with Crippen molar-refractivity contribution in [3.63, 3.8) is 0 Å². The molecule has 2 rings (SSSR count). The minimum absolute atomic E-state index is 0.211. The smallest absolute Gasteiger partial charge is 0.276 e. The van der Waals surface area contributed by atoms with E-state index in [1.807, 2.05) is 0 Å². The summed E-state index contributed by atoms with van der Waals surface area (Å²) in [5, 5.41) is 3.85. The number of fused-ring (bicyclic) bond motifs is 1. The van der Waals surface area contributed by atoms with Crippen LogP contribution in [-0.4, -0.2) is 19.6 Å². The van der Waals surface area contributed by atoms with Gasteiger partial charge in [-0.1, -0.05) is 0 Å². The van der Waals surface area contributed by atoms with Gasteiger partial charge in [0.05, 0.1) is 12.4 Å². The van der Waals surface area contributed by atoms with Crippen LogP contribution in [0.5, 0.6) is 0 Å². The average Bonchev–Trinajstić information content (AvgIpc) is 2.04. The highest BCUT2D eigenvalue weighted by Gasteiger charge is 1.98. The summed E-state index contributed by atoms with van der Waals surface area (Å²) in [6.45, 7) is 0. The van der Waals surface area contributed by atoms with Gasteiger partial charge in [0.1, 0.15) is 5.82 Å². The SMILES string of the molecule is Nc1cc(=O)nc2nccnn12. The van der Waals surface area contributed by atoms with E-state index in [-0.39, 0.29) is 11.6 Å². The Bertz CT molecular complexity index is 477. The standard InChI is InChI=1S/C6H5N5O/c7-4-3-5(12)10-6-8-1-2-9-11(4)6/h1-3H,7H2. The summed E-state index contributed by atoms with van der Waals surface area (Å²) in [4.78, 5) is 18.2. The molecule has 2 N–H and O–H groups in total. The summed E-state index contributed by atoms with van der Waals surface area (Å²) in [5.74, 6) is 0.445. The third-order valence-corrected chi connectivity index (χ3v) is 1.35. The van der Waals surface area contributed by atoms with Gasteiger partial charge in [-0.3, -0.25) is 4.79 Å². The molecule has 2 aromatic heterocycles. The fourth-order valence-corrected chi connectivity index (χ4v) is 0.880. The van der Waals surface area contributed by atoms with E-state index >= 15 is 0 Å². The van der Waals surface area contributed by atoms with Gasteiger partial charge in [-0.2, -0.15) is 14.6 Å². The highest BCUT2D eigenvalue weighted by atomic mass is 16.1. The van der Waals surface area contributed by atoms with Crippen LogP contribution in [0.25, 0.3) is 5.78 Å². The third kappa shape index (κ3) is 0.895. The van der Waals surface area contributed by atoms with Crippen LogP contribution in [0.3, 0.4) is 0 Å². The maximum Gasteiger partial charge on any atom is 0.276 e. The van der Waals surface area contributed by atoms with E-state index in [1.165, 1.54) is 23.0 Å². The van der Waals surface area contributed by atoms with Crippen molar-refractivity contribution in [2.75, 3.05) is 5.73 Å². The van der Waals surface area contributed by atoms with E-state index in [9.17, 15) is 4.79 Å². The summed E-state index contributed by atoms with van der Waals surface area (Å²) in [5.41, 5.74) is 5.07. The van der Waals surface area contributed by atoms with Crippen LogP contribution in [-0.2, 0) is 0 Å². The summed E-state index contributed by atoms with van der Waals surface area (Å²) < 4.78 is 1.29. The van der Waals surface area contributed by atoms with Crippen molar-refractivity contribution in [3.05, 3.63) is 28.8 Å². The summed E-state index contributed by atoms with van der Waals surface area (Å²) in [6, 6.07) is 1.20. The number of hydrogen-bond donors (Lipinski definition) is 1. The molecule has 0 aliphatic heterocycles. The van der Waals surface area contributed by atoms with Gasteiger partial charge in [0, 0.05) is 6.07 Å². The molecule has 0 saturated carbocycles. The maximum absolute atomic E-state index is 10.8. The van der Waals surface area contributed by atoms with E-state index in [0.29, 0.717) is 0 Å². The second-order valence-electron chi connectivity index (χ2n) is 2.17. The lowest BCUT2D eigenvalue weighted by Gasteiger charge is -1.98. The Morgan fingerprint density at radius 3 is 3.08 bits per heavy atom. The first-order chi connectivity index (χ1) is 5.77. The minimum Gasteiger partial charge on any atom is -0.383 e. The molecule has 0 fully saturated rings. The number of anilines is 1. The Morgan fingerprint density at radius 2 is 2.25 bits per heavy atom. The summed E-state index contributed by atoms with van der Waals surface area (Å²) >= 11 is 0. The molecule has 0 saturated heterocycles. The van der Waals surface area contributed by atoms with Crippen LogP contribution in [0.1, 0.15) is 0 Å². The second-order valence-corrected chi connectivity index (χ2v) is 2.17. The maximum atomic E-state index is 10.8. The predicted octanol–water partition coefficient (Wildman–Crippen LogP) is -0.933. The topological polar surface area (TPSA) is 86.2 Å². The van der Waals surface area contributed by atoms with E-state index < -0.39 is 5.56 Å². The molecule has 0 atom stereocenters. The average molecular weight is 163 g/mol. The Morgan fingerprint density at radius 1 is 1.42 bits per heavy atom. The van der Waals surface area contributed by atoms with Crippen LogP contribution in [0.15, 0.2) is 23.3 Å². The molecule has 0 radical (unpaired) electrons. The number of nitrogens with zero attached hydrogens (tertiary/aromatic N) is 4. The van der Waals surface area contributed by atoms with Crippen LogP contribution in [0.2, 0.25) is 0 Å². The Kier molecular flexibility index (Phi) is 1.26. The van der Waals surface area contributed by atoms with E-state index in [4.69, 9.17) is 5.73 Å². The quantitative estimate of drug-likeness (QED) is 0.542. The molecule has 0 bridgehead atoms. The zero-order chi connectivity index (χ0) is 8.55. The second kappa shape index (κ2) is 2.26. The monoisotopic (exact) mass is 163 g/mol. The molecule has 0 aliphatic rings. The number of hydrogen-bond acceptors (Lipinski definition) is 5. The molecule has 0 spiro atoms. The van der Waals surface area contributed by atoms with Crippen LogP contribution < -0.4 is 11.3 Å². The number of nitrogens with two attached hydrogens (primary N) is 1. The first-order valence-corrected chi connectivity index (χ1v) is 3.24. The van der Waals surface area contributed by atoms with Crippen molar-refractivity contribution in [1.29, 1.82) is 0 Å². The van der Waals surface area contributed by atoms with Gasteiger partial charge in [0.15, 0.2) is 0 Å². The molecule has 12 heavy (non-hydrogen) atoms. The Labute approximate surface area is 66.7 Å². The van der Waals surface area contributed by atoms with Gasteiger partial charge < -0.3 is 5.73 Å². The van der Waals surface area contributed by atoms with Crippen LogP contribution in [0, 0.1) is 0 Å². The lowest BCUT2D eigenvalue weighted by Crippen LogP contribution is -2.14. The predicted molar refractivity (Wildman–Crippen MR) is 41.5 cm³/mol. The number of rotatable bonds is 0. The summed E-state index contributed by atoms with van der Waals surface area (Å²) in [6.07, 6.45) is 2.91. The highest BCUT2D eigenvalue weighted by Crippen LogP contribution is 1.95. The highest BCUT2D eigenvalue weighted by molar-refractivity contribution is 5.37. The van der Waals surface area contributed by atoms with Gasteiger partial charge in [-0.25, -0.2) is 4.98 Å². The van der Waals surface area contributed by atoms with Crippen LogP contribution >= 0.6 is 0 Å². The van der Waals surface area contributed by atoms with Crippen molar-refractivity contribution in [1.82, 2.24) is 19.6 Å².